The molecule has 2 aromatic carbocycles. The van der Waals surface area contributed by atoms with Crippen LogP contribution in [0.5, 0.6) is 17.2 Å². The van der Waals surface area contributed by atoms with Gasteiger partial charge in [-0.1, -0.05) is 0 Å². The average Bonchev–Trinajstić information content (AvgIpc) is 3.22. The minimum absolute atomic E-state index is 0.00296. The van der Waals surface area contributed by atoms with E-state index in [1.807, 2.05) is 4.90 Å². The summed E-state index contributed by atoms with van der Waals surface area (Å²) in [5.74, 6) is 1.83. The number of benzene rings is 2. The van der Waals surface area contributed by atoms with Crippen molar-refractivity contribution in [1.82, 2.24) is 10.2 Å². The first-order valence-corrected chi connectivity index (χ1v) is 9.28. The molecule has 28 heavy (non-hydrogen) atoms. The van der Waals surface area contributed by atoms with Crippen LogP contribution < -0.4 is 19.5 Å². The third kappa shape index (κ3) is 3.74. The number of hydrogen-bond donors (Lipinski definition) is 1. The molecule has 2 aliphatic heterocycles. The number of carbonyl (C=O) groups is 2. The Morgan fingerprint density at radius 3 is 2.39 bits per heavy atom. The highest BCUT2D eigenvalue weighted by molar-refractivity contribution is 5.95. The van der Waals surface area contributed by atoms with Crippen molar-refractivity contribution in [3.8, 4) is 17.2 Å². The average molecular weight is 382 g/mol. The Hall–Kier alpha value is -3.22. The first-order valence-electron chi connectivity index (χ1n) is 9.28. The van der Waals surface area contributed by atoms with Crippen LogP contribution in [0.15, 0.2) is 42.5 Å². The summed E-state index contributed by atoms with van der Waals surface area (Å²) in [4.78, 5) is 27.0. The molecule has 2 amide bonds. The van der Waals surface area contributed by atoms with Crippen molar-refractivity contribution in [2.24, 2.45) is 0 Å². The van der Waals surface area contributed by atoms with Gasteiger partial charge in [-0.05, 0) is 55.3 Å². The lowest BCUT2D eigenvalue weighted by molar-refractivity contribution is 0.0698. The van der Waals surface area contributed by atoms with E-state index in [2.05, 4.69) is 5.32 Å². The van der Waals surface area contributed by atoms with Crippen molar-refractivity contribution < 1.29 is 23.8 Å². The Kier molecular flexibility index (Phi) is 5.06. The van der Waals surface area contributed by atoms with E-state index in [4.69, 9.17) is 14.2 Å². The van der Waals surface area contributed by atoms with Gasteiger partial charge in [-0.15, -0.1) is 0 Å². The van der Waals surface area contributed by atoms with Gasteiger partial charge in [-0.3, -0.25) is 9.59 Å². The van der Waals surface area contributed by atoms with Crippen molar-refractivity contribution >= 4 is 11.8 Å². The smallest absolute Gasteiger partial charge is 0.253 e. The van der Waals surface area contributed by atoms with Gasteiger partial charge in [0.1, 0.15) is 5.75 Å². The third-order valence-electron chi connectivity index (χ3n) is 5.09. The largest absolute Gasteiger partial charge is 0.497 e. The summed E-state index contributed by atoms with van der Waals surface area (Å²) in [7, 11) is 1.60. The Morgan fingerprint density at radius 2 is 1.68 bits per heavy atom. The molecule has 146 valence electrons. The number of rotatable bonds is 4. The quantitative estimate of drug-likeness (QED) is 0.879. The Labute approximate surface area is 163 Å². The number of carbonyl (C=O) groups excluding carboxylic acids is 2. The number of likely N-dealkylation sites (tertiary alicyclic amines) is 1. The first kappa shape index (κ1) is 18.2. The maximum absolute atomic E-state index is 12.6. The number of piperidine rings is 1. The maximum Gasteiger partial charge on any atom is 0.253 e. The zero-order valence-corrected chi connectivity index (χ0v) is 15.6. The van der Waals surface area contributed by atoms with Crippen LogP contribution in [-0.4, -0.2) is 49.7 Å². The second-order valence-electron chi connectivity index (χ2n) is 6.84. The van der Waals surface area contributed by atoms with E-state index in [9.17, 15) is 9.59 Å². The van der Waals surface area contributed by atoms with Crippen LogP contribution in [0.3, 0.4) is 0 Å². The molecule has 7 heteroatoms. The zero-order chi connectivity index (χ0) is 19.5. The maximum atomic E-state index is 12.6. The molecule has 0 spiro atoms. The highest BCUT2D eigenvalue weighted by Crippen LogP contribution is 2.32. The molecule has 4 rings (SSSR count). The van der Waals surface area contributed by atoms with Gasteiger partial charge in [0.05, 0.1) is 7.11 Å². The summed E-state index contributed by atoms with van der Waals surface area (Å²) >= 11 is 0. The van der Waals surface area contributed by atoms with Crippen LogP contribution in [0.1, 0.15) is 33.6 Å². The molecule has 7 nitrogen and oxygen atoms in total. The highest BCUT2D eigenvalue weighted by Gasteiger charge is 2.25. The fraction of sp³-hybridized carbons (Fsp3) is 0.333. The fourth-order valence-corrected chi connectivity index (χ4v) is 3.45. The number of ether oxygens (including phenoxy) is 3. The normalized spacial score (nSPS) is 16.0. The molecule has 0 saturated carbocycles. The molecule has 0 atom stereocenters. The van der Waals surface area contributed by atoms with Gasteiger partial charge in [0.2, 0.25) is 6.79 Å². The third-order valence-corrected chi connectivity index (χ3v) is 5.09. The van der Waals surface area contributed by atoms with Crippen molar-refractivity contribution in [3.63, 3.8) is 0 Å². The van der Waals surface area contributed by atoms with Gasteiger partial charge in [0.15, 0.2) is 11.5 Å². The molecular formula is C21H22N2O5. The van der Waals surface area contributed by atoms with Crippen molar-refractivity contribution in [2.75, 3.05) is 27.0 Å². The van der Waals surface area contributed by atoms with E-state index in [0.29, 0.717) is 35.7 Å². The van der Waals surface area contributed by atoms with Gasteiger partial charge in [0.25, 0.3) is 11.8 Å². The molecular weight excluding hydrogens is 360 g/mol. The van der Waals surface area contributed by atoms with E-state index in [0.717, 1.165) is 18.6 Å². The summed E-state index contributed by atoms with van der Waals surface area (Å²) in [5, 5.41) is 3.05. The Balaban J connectivity index is 1.31. The van der Waals surface area contributed by atoms with Crippen LogP contribution in [0, 0.1) is 0 Å². The number of nitrogens with one attached hydrogen (secondary N) is 1. The SMILES string of the molecule is COc1ccc(C(=O)N2CCC(NC(=O)c3ccc4c(c3)OCO4)CC2)cc1. The van der Waals surface area contributed by atoms with Crippen LogP contribution in [-0.2, 0) is 0 Å². The number of hydrogen-bond acceptors (Lipinski definition) is 5. The first-order chi connectivity index (χ1) is 13.6. The monoisotopic (exact) mass is 382 g/mol. The van der Waals surface area contributed by atoms with Crippen LogP contribution in [0.2, 0.25) is 0 Å². The van der Waals surface area contributed by atoms with E-state index < -0.39 is 0 Å². The Bertz CT molecular complexity index is 873. The lowest BCUT2D eigenvalue weighted by atomic mass is 10.0. The molecule has 1 saturated heterocycles. The number of fused-ring (bicyclic) bond motifs is 1. The molecule has 0 aliphatic carbocycles. The summed E-state index contributed by atoms with van der Waals surface area (Å²) in [6.45, 7) is 1.40. The van der Waals surface area contributed by atoms with Gasteiger partial charge in [-0.2, -0.15) is 0 Å². The molecule has 0 aromatic heterocycles. The van der Waals surface area contributed by atoms with Crippen LogP contribution in [0.25, 0.3) is 0 Å². The second-order valence-corrected chi connectivity index (χ2v) is 6.84. The molecule has 0 bridgehead atoms. The van der Waals surface area contributed by atoms with Gasteiger partial charge < -0.3 is 24.4 Å². The second kappa shape index (κ2) is 7.80. The van der Waals surface area contributed by atoms with Crippen molar-refractivity contribution in [2.45, 2.75) is 18.9 Å². The lowest BCUT2D eigenvalue weighted by Gasteiger charge is -2.32. The molecule has 2 aliphatic rings. The summed E-state index contributed by atoms with van der Waals surface area (Å²) in [5.41, 5.74) is 1.18. The van der Waals surface area contributed by atoms with Crippen LogP contribution >= 0.6 is 0 Å². The van der Waals surface area contributed by atoms with E-state index in [1.54, 1.807) is 49.6 Å². The molecule has 1 fully saturated rings. The van der Waals surface area contributed by atoms with Crippen LogP contribution in [0.4, 0.5) is 0 Å². The van der Waals surface area contributed by atoms with E-state index in [1.165, 1.54) is 0 Å². The van der Waals surface area contributed by atoms with Gasteiger partial charge in [-0.25, -0.2) is 0 Å². The van der Waals surface area contributed by atoms with E-state index >= 15 is 0 Å². The molecule has 0 unspecified atom stereocenters. The summed E-state index contributed by atoms with van der Waals surface area (Å²) in [6, 6.07) is 12.3. The minimum atomic E-state index is -0.141. The topological polar surface area (TPSA) is 77.1 Å². The highest BCUT2D eigenvalue weighted by atomic mass is 16.7. The van der Waals surface area contributed by atoms with Crippen molar-refractivity contribution in [1.29, 1.82) is 0 Å². The van der Waals surface area contributed by atoms with Gasteiger partial charge >= 0.3 is 0 Å². The Morgan fingerprint density at radius 1 is 1.00 bits per heavy atom. The van der Waals surface area contributed by atoms with E-state index in [-0.39, 0.29) is 24.6 Å². The number of amides is 2. The predicted molar refractivity (Wildman–Crippen MR) is 102 cm³/mol. The zero-order valence-electron chi connectivity index (χ0n) is 15.6. The summed E-state index contributed by atoms with van der Waals surface area (Å²) in [6.07, 6.45) is 1.44. The number of nitrogens with zero attached hydrogens (tertiary/aromatic N) is 1. The fourth-order valence-electron chi connectivity index (χ4n) is 3.45. The molecule has 0 radical (unpaired) electrons. The molecule has 2 heterocycles. The van der Waals surface area contributed by atoms with Crippen molar-refractivity contribution in [3.05, 3.63) is 53.6 Å². The molecule has 1 N–H and O–H groups in total. The minimum Gasteiger partial charge on any atom is -0.497 e. The number of methoxy groups -OCH3 is 1. The standard InChI is InChI=1S/C21H22N2O5/c1-26-17-5-2-14(3-6-17)21(25)23-10-8-16(9-11-23)22-20(24)15-4-7-18-19(12-15)28-13-27-18/h2-7,12,16H,8-11,13H2,1H3,(H,22,24). The summed E-state index contributed by atoms with van der Waals surface area (Å²) < 4.78 is 15.7. The molecule has 2 aromatic rings. The van der Waals surface area contributed by atoms with Gasteiger partial charge in [0, 0.05) is 30.3 Å². The predicted octanol–water partition coefficient (Wildman–Crippen LogP) is 2.46. The lowest BCUT2D eigenvalue weighted by Crippen LogP contribution is -2.46.